The van der Waals surface area contributed by atoms with E-state index in [1.807, 2.05) is 19.3 Å². The summed E-state index contributed by atoms with van der Waals surface area (Å²) in [6.07, 6.45) is 1.79. The van der Waals surface area contributed by atoms with Crippen molar-refractivity contribution in [1.29, 1.82) is 0 Å². The highest BCUT2D eigenvalue weighted by Crippen LogP contribution is 2.35. The zero-order valence-corrected chi connectivity index (χ0v) is 16.1. The summed E-state index contributed by atoms with van der Waals surface area (Å²) in [6.45, 7) is 0. The van der Waals surface area contributed by atoms with Crippen LogP contribution in [0.5, 0.6) is 0 Å². The number of likely N-dealkylation sites (N-methyl/N-ethyl adjacent to an activating group) is 1. The molecule has 24 heavy (non-hydrogen) atoms. The standard InChI is InChI=1S/C17H15BrN4S2/c1-19-17-15(13-8-10(18)9-24-13)21-14(12-5-3-7-23-12)11-4-2-6-20-16(11)22-17/h2-9,15,17,19H,1H3,(H,20,22). The quantitative estimate of drug-likeness (QED) is 0.657. The van der Waals surface area contributed by atoms with Gasteiger partial charge in [0.25, 0.3) is 0 Å². The largest absolute Gasteiger partial charge is 0.352 e. The van der Waals surface area contributed by atoms with Gasteiger partial charge in [-0.2, -0.15) is 0 Å². The van der Waals surface area contributed by atoms with E-state index in [0.29, 0.717) is 0 Å². The number of anilines is 1. The van der Waals surface area contributed by atoms with Gasteiger partial charge in [0.15, 0.2) is 0 Å². The van der Waals surface area contributed by atoms with Crippen molar-refractivity contribution in [3.63, 3.8) is 0 Å². The Balaban J connectivity index is 1.90. The third-order valence-corrected chi connectivity index (χ3v) is 6.52. The highest BCUT2D eigenvalue weighted by molar-refractivity contribution is 9.10. The van der Waals surface area contributed by atoms with Crippen LogP contribution in [0.4, 0.5) is 5.82 Å². The fourth-order valence-corrected chi connectivity index (χ4v) is 5.03. The molecule has 0 bridgehead atoms. The second-order valence-electron chi connectivity index (χ2n) is 5.38. The lowest BCUT2D eigenvalue weighted by Crippen LogP contribution is -2.38. The van der Waals surface area contributed by atoms with Crippen molar-refractivity contribution < 1.29 is 0 Å². The van der Waals surface area contributed by atoms with Crippen LogP contribution in [-0.4, -0.2) is 23.9 Å². The Morgan fingerprint density at radius 1 is 1.25 bits per heavy atom. The molecule has 0 saturated carbocycles. The van der Waals surface area contributed by atoms with E-state index < -0.39 is 0 Å². The minimum atomic E-state index is -0.0300. The molecule has 1 aliphatic heterocycles. The lowest BCUT2D eigenvalue weighted by atomic mass is 10.1. The molecule has 4 heterocycles. The molecule has 1 aliphatic rings. The Hall–Kier alpha value is -1.54. The number of hydrogen-bond donors (Lipinski definition) is 2. The molecule has 0 amide bonds. The average molecular weight is 419 g/mol. The van der Waals surface area contributed by atoms with Crippen molar-refractivity contribution in [2.75, 3.05) is 12.4 Å². The van der Waals surface area contributed by atoms with Gasteiger partial charge < -0.3 is 5.32 Å². The van der Waals surface area contributed by atoms with Crippen LogP contribution in [0.25, 0.3) is 0 Å². The Labute approximate surface area is 156 Å². The van der Waals surface area contributed by atoms with Crippen LogP contribution >= 0.6 is 38.6 Å². The number of hydrogen-bond acceptors (Lipinski definition) is 6. The highest BCUT2D eigenvalue weighted by Gasteiger charge is 2.29. The Kier molecular flexibility index (Phi) is 4.49. The van der Waals surface area contributed by atoms with Crippen molar-refractivity contribution in [1.82, 2.24) is 10.3 Å². The molecule has 3 aromatic rings. The molecule has 4 nitrogen and oxygen atoms in total. The average Bonchev–Trinajstić information content (AvgIpc) is 3.24. The number of aliphatic imine (C=N–C) groups is 1. The molecule has 4 rings (SSSR count). The normalized spacial score (nSPS) is 20.0. The lowest BCUT2D eigenvalue weighted by molar-refractivity contribution is 0.528. The number of nitrogens with zero attached hydrogens (tertiary/aromatic N) is 2. The van der Waals surface area contributed by atoms with Gasteiger partial charge in [-0.3, -0.25) is 10.3 Å². The first-order chi connectivity index (χ1) is 11.8. The first kappa shape index (κ1) is 16.0. The van der Waals surface area contributed by atoms with Gasteiger partial charge in [0.2, 0.25) is 0 Å². The number of aromatic nitrogens is 1. The SMILES string of the molecule is CNC1Nc2ncccc2C(c2cccs2)=NC1c1cc(Br)cs1. The Bertz CT molecular complexity index is 872. The summed E-state index contributed by atoms with van der Waals surface area (Å²) in [5, 5.41) is 11.0. The number of rotatable bonds is 3. The molecule has 0 aliphatic carbocycles. The minimum absolute atomic E-state index is 0.0262. The van der Waals surface area contributed by atoms with Gasteiger partial charge in [-0.05, 0) is 52.6 Å². The molecule has 0 fully saturated rings. The molecule has 2 N–H and O–H groups in total. The summed E-state index contributed by atoms with van der Waals surface area (Å²) in [5.41, 5.74) is 2.03. The van der Waals surface area contributed by atoms with E-state index in [0.717, 1.165) is 26.4 Å². The number of nitrogens with one attached hydrogen (secondary N) is 2. The van der Waals surface area contributed by atoms with Crippen LogP contribution < -0.4 is 10.6 Å². The highest BCUT2D eigenvalue weighted by atomic mass is 79.9. The van der Waals surface area contributed by atoms with E-state index in [1.165, 1.54) is 4.88 Å². The van der Waals surface area contributed by atoms with Crippen LogP contribution in [0.2, 0.25) is 0 Å². The van der Waals surface area contributed by atoms with Crippen molar-refractivity contribution in [3.05, 3.63) is 67.1 Å². The molecule has 2 atom stereocenters. The fraction of sp³-hybridized carbons (Fsp3) is 0.176. The molecule has 0 saturated heterocycles. The van der Waals surface area contributed by atoms with Gasteiger partial charge in [-0.25, -0.2) is 4.98 Å². The monoisotopic (exact) mass is 418 g/mol. The Morgan fingerprint density at radius 2 is 2.17 bits per heavy atom. The lowest BCUT2D eigenvalue weighted by Gasteiger charge is -2.23. The first-order valence-electron chi connectivity index (χ1n) is 7.51. The molecular weight excluding hydrogens is 404 g/mol. The van der Waals surface area contributed by atoms with Crippen LogP contribution in [0, 0.1) is 0 Å². The van der Waals surface area contributed by atoms with E-state index in [-0.39, 0.29) is 12.2 Å². The minimum Gasteiger partial charge on any atom is -0.352 e. The molecule has 3 aromatic heterocycles. The number of halogens is 1. The van der Waals surface area contributed by atoms with Crippen molar-refractivity contribution in [2.24, 2.45) is 4.99 Å². The molecule has 0 radical (unpaired) electrons. The molecule has 0 aromatic carbocycles. The Morgan fingerprint density at radius 3 is 2.88 bits per heavy atom. The van der Waals surface area contributed by atoms with E-state index in [9.17, 15) is 0 Å². The van der Waals surface area contributed by atoms with Crippen molar-refractivity contribution >= 4 is 50.1 Å². The zero-order valence-electron chi connectivity index (χ0n) is 12.9. The third-order valence-electron chi connectivity index (χ3n) is 3.88. The van der Waals surface area contributed by atoms with Gasteiger partial charge >= 0.3 is 0 Å². The first-order valence-corrected chi connectivity index (χ1v) is 10.1. The van der Waals surface area contributed by atoms with Gasteiger partial charge in [-0.1, -0.05) is 6.07 Å². The second-order valence-corrected chi connectivity index (χ2v) is 8.18. The van der Waals surface area contributed by atoms with E-state index in [1.54, 1.807) is 22.7 Å². The van der Waals surface area contributed by atoms with E-state index >= 15 is 0 Å². The predicted octanol–water partition coefficient (Wildman–Crippen LogP) is 4.52. The summed E-state index contributed by atoms with van der Waals surface area (Å²) < 4.78 is 1.09. The van der Waals surface area contributed by atoms with E-state index in [2.05, 4.69) is 66.6 Å². The van der Waals surface area contributed by atoms with Gasteiger partial charge in [-0.15, -0.1) is 22.7 Å². The molecular formula is C17H15BrN4S2. The molecule has 0 spiro atoms. The van der Waals surface area contributed by atoms with Gasteiger partial charge in [0, 0.05) is 26.5 Å². The molecule has 122 valence electrons. The third kappa shape index (κ3) is 2.93. The number of pyridine rings is 1. The van der Waals surface area contributed by atoms with Crippen molar-refractivity contribution in [3.8, 4) is 0 Å². The maximum atomic E-state index is 5.15. The van der Waals surface area contributed by atoms with Crippen LogP contribution in [0.3, 0.4) is 0 Å². The molecule has 2 unspecified atom stereocenters. The maximum absolute atomic E-state index is 5.15. The number of thiophene rings is 2. The summed E-state index contributed by atoms with van der Waals surface area (Å²) in [7, 11) is 1.95. The summed E-state index contributed by atoms with van der Waals surface area (Å²) in [4.78, 5) is 12.0. The van der Waals surface area contributed by atoms with Crippen molar-refractivity contribution in [2.45, 2.75) is 12.2 Å². The predicted molar refractivity (Wildman–Crippen MR) is 105 cm³/mol. The summed E-state index contributed by atoms with van der Waals surface area (Å²) in [6, 6.07) is 10.3. The van der Waals surface area contributed by atoms with Crippen LogP contribution in [0.1, 0.15) is 21.4 Å². The maximum Gasteiger partial charge on any atom is 0.136 e. The zero-order chi connectivity index (χ0) is 16.5. The second kappa shape index (κ2) is 6.76. The number of fused-ring (bicyclic) bond motifs is 1. The van der Waals surface area contributed by atoms with Crippen LogP contribution in [-0.2, 0) is 0 Å². The fourth-order valence-electron chi connectivity index (χ4n) is 2.77. The summed E-state index contributed by atoms with van der Waals surface area (Å²) >= 11 is 6.97. The van der Waals surface area contributed by atoms with E-state index in [4.69, 9.17) is 4.99 Å². The smallest absolute Gasteiger partial charge is 0.136 e. The van der Waals surface area contributed by atoms with Gasteiger partial charge in [0.05, 0.1) is 10.6 Å². The topological polar surface area (TPSA) is 49.3 Å². The molecule has 7 heteroatoms. The van der Waals surface area contributed by atoms with Gasteiger partial charge in [0.1, 0.15) is 18.0 Å². The van der Waals surface area contributed by atoms with Crippen LogP contribution in [0.15, 0.2) is 56.8 Å². The summed E-state index contributed by atoms with van der Waals surface area (Å²) in [5.74, 6) is 0.863.